The third-order valence-electron chi connectivity index (χ3n) is 4.93. The van der Waals surface area contributed by atoms with Gasteiger partial charge in [0.1, 0.15) is 6.10 Å². The molecule has 0 aromatic carbocycles. The average Bonchev–Trinajstić information content (AvgIpc) is 3.22. The van der Waals surface area contributed by atoms with E-state index in [-0.39, 0.29) is 12.0 Å². The number of carbonyl (C=O) groups is 1. The Morgan fingerprint density at radius 2 is 2.04 bits per heavy atom. The molecule has 4 heterocycles. The normalized spacial score (nSPS) is 20.6. The highest BCUT2D eigenvalue weighted by molar-refractivity contribution is 5.94. The summed E-state index contributed by atoms with van der Waals surface area (Å²) < 4.78 is 11.1. The molecule has 2 saturated heterocycles. The van der Waals surface area contributed by atoms with Gasteiger partial charge in [-0.2, -0.15) is 0 Å². The Morgan fingerprint density at radius 3 is 2.78 bits per heavy atom. The molecule has 0 radical (unpaired) electrons. The van der Waals surface area contributed by atoms with Crippen molar-refractivity contribution in [2.24, 2.45) is 0 Å². The van der Waals surface area contributed by atoms with E-state index in [1.165, 1.54) is 0 Å². The molecule has 0 N–H and O–H groups in total. The van der Waals surface area contributed by atoms with Crippen molar-refractivity contribution in [3.63, 3.8) is 0 Å². The van der Waals surface area contributed by atoms with Crippen LogP contribution in [0.4, 0.5) is 0 Å². The van der Waals surface area contributed by atoms with Crippen molar-refractivity contribution in [3.8, 4) is 5.88 Å². The Labute approximate surface area is 158 Å². The van der Waals surface area contributed by atoms with Crippen molar-refractivity contribution in [2.75, 3.05) is 39.4 Å². The lowest BCUT2D eigenvalue weighted by Crippen LogP contribution is -2.48. The zero-order chi connectivity index (χ0) is 18.5. The van der Waals surface area contributed by atoms with Crippen molar-refractivity contribution < 1.29 is 14.3 Å². The van der Waals surface area contributed by atoms with Crippen LogP contribution in [0.3, 0.4) is 0 Å². The maximum absolute atomic E-state index is 12.8. The van der Waals surface area contributed by atoms with Crippen LogP contribution < -0.4 is 4.74 Å². The molecular weight excluding hydrogens is 344 g/mol. The second-order valence-corrected chi connectivity index (χ2v) is 6.88. The highest BCUT2D eigenvalue weighted by Gasteiger charge is 2.23. The van der Waals surface area contributed by atoms with E-state index in [2.05, 4.69) is 14.9 Å². The maximum Gasteiger partial charge on any atom is 0.254 e. The number of rotatable bonds is 5. The van der Waals surface area contributed by atoms with E-state index in [0.717, 1.165) is 31.7 Å². The fraction of sp³-hybridized carbons (Fsp3) is 0.450. The second kappa shape index (κ2) is 8.45. The van der Waals surface area contributed by atoms with Gasteiger partial charge in [0, 0.05) is 63.2 Å². The first-order chi connectivity index (χ1) is 13.3. The van der Waals surface area contributed by atoms with Gasteiger partial charge in [-0.25, -0.2) is 4.98 Å². The molecular formula is C20H24N4O3. The Hall–Kier alpha value is -2.51. The molecule has 2 aromatic rings. The van der Waals surface area contributed by atoms with Gasteiger partial charge in [-0.15, -0.1) is 0 Å². The largest absolute Gasteiger partial charge is 0.472 e. The number of hydrogen-bond acceptors (Lipinski definition) is 6. The van der Waals surface area contributed by atoms with Gasteiger partial charge in [0.05, 0.1) is 18.9 Å². The van der Waals surface area contributed by atoms with Crippen LogP contribution in [-0.4, -0.2) is 71.2 Å². The summed E-state index contributed by atoms with van der Waals surface area (Å²) in [5.74, 6) is 0.521. The zero-order valence-electron chi connectivity index (χ0n) is 15.3. The SMILES string of the molecule is O=C(c1ccnc(OC2CCOC2)c1)N1CCN(Cc2ccccn2)CC1. The first-order valence-corrected chi connectivity index (χ1v) is 9.40. The molecule has 2 fully saturated rings. The van der Waals surface area contributed by atoms with E-state index in [4.69, 9.17) is 9.47 Å². The standard InChI is InChI=1S/C20H24N4O3/c25-20(16-4-7-22-19(13-16)27-18-5-12-26-15-18)24-10-8-23(9-11-24)14-17-3-1-2-6-21-17/h1-4,6-7,13,18H,5,8-12,14-15H2. The first-order valence-electron chi connectivity index (χ1n) is 9.40. The summed E-state index contributed by atoms with van der Waals surface area (Å²) in [7, 11) is 0. The number of ether oxygens (including phenoxy) is 2. The predicted octanol–water partition coefficient (Wildman–Crippen LogP) is 1.60. The molecule has 1 amide bonds. The lowest BCUT2D eigenvalue weighted by molar-refractivity contribution is 0.0626. The minimum atomic E-state index is 0.0259. The highest BCUT2D eigenvalue weighted by atomic mass is 16.5. The van der Waals surface area contributed by atoms with Crippen molar-refractivity contribution in [1.29, 1.82) is 0 Å². The predicted molar refractivity (Wildman–Crippen MR) is 99.5 cm³/mol. The van der Waals surface area contributed by atoms with Crippen LogP contribution in [0.2, 0.25) is 0 Å². The fourth-order valence-electron chi connectivity index (χ4n) is 3.40. The van der Waals surface area contributed by atoms with E-state index < -0.39 is 0 Å². The summed E-state index contributed by atoms with van der Waals surface area (Å²) in [6, 6.07) is 9.45. The monoisotopic (exact) mass is 368 g/mol. The van der Waals surface area contributed by atoms with Crippen molar-refractivity contribution in [2.45, 2.75) is 19.1 Å². The maximum atomic E-state index is 12.8. The van der Waals surface area contributed by atoms with Crippen LogP contribution in [0.15, 0.2) is 42.7 Å². The molecule has 2 aliphatic heterocycles. The Kier molecular flexibility index (Phi) is 5.60. The van der Waals surface area contributed by atoms with Crippen LogP contribution >= 0.6 is 0 Å². The Morgan fingerprint density at radius 1 is 1.15 bits per heavy atom. The van der Waals surface area contributed by atoms with Crippen LogP contribution in [0.25, 0.3) is 0 Å². The van der Waals surface area contributed by atoms with E-state index in [0.29, 0.717) is 37.7 Å². The van der Waals surface area contributed by atoms with Gasteiger partial charge in [0.15, 0.2) is 0 Å². The topological polar surface area (TPSA) is 67.8 Å². The molecule has 1 atom stereocenters. The summed E-state index contributed by atoms with van der Waals surface area (Å²) >= 11 is 0. The first kappa shape index (κ1) is 17.9. The summed E-state index contributed by atoms with van der Waals surface area (Å²) in [6.45, 7) is 5.22. The van der Waals surface area contributed by atoms with Gasteiger partial charge in [-0.1, -0.05) is 6.07 Å². The Bertz CT molecular complexity index is 757. The van der Waals surface area contributed by atoms with Crippen molar-refractivity contribution >= 4 is 5.91 Å². The number of carbonyl (C=O) groups excluding carboxylic acids is 1. The molecule has 27 heavy (non-hydrogen) atoms. The minimum Gasteiger partial charge on any atom is -0.472 e. The van der Waals surface area contributed by atoms with E-state index >= 15 is 0 Å². The van der Waals surface area contributed by atoms with Crippen LogP contribution in [-0.2, 0) is 11.3 Å². The smallest absolute Gasteiger partial charge is 0.254 e. The zero-order valence-corrected chi connectivity index (χ0v) is 15.3. The minimum absolute atomic E-state index is 0.0259. The number of aromatic nitrogens is 2. The number of hydrogen-bond donors (Lipinski definition) is 0. The number of pyridine rings is 2. The van der Waals surface area contributed by atoms with Crippen molar-refractivity contribution in [1.82, 2.24) is 19.8 Å². The highest BCUT2D eigenvalue weighted by Crippen LogP contribution is 2.17. The van der Waals surface area contributed by atoms with Crippen LogP contribution in [0.1, 0.15) is 22.5 Å². The quantitative estimate of drug-likeness (QED) is 0.799. The summed E-state index contributed by atoms with van der Waals surface area (Å²) in [5, 5.41) is 0. The molecule has 0 bridgehead atoms. The molecule has 0 aliphatic carbocycles. The van der Waals surface area contributed by atoms with E-state index in [1.54, 1.807) is 18.3 Å². The average molecular weight is 368 g/mol. The van der Waals surface area contributed by atoms with Gasteiger partial charge in [0.2, 0.25) is 5.88 Å². The molecule has 7 heteroatoms. The van der Waals surface area contributed by atoms with Gasteiger partial charge >= 0.3 is 0 Å². The number of amides is 1. The molecule has 7 nitrogen and oxygen atoms in total. The summed E-state index contributed by atoms with van der Waals surface area (Å²) in [6.07, 6.45) is 4.34. The lowest BCUT2D eigenvalue weighted by Gasteiger charge is -2.34. The van der Waals surface area contributed by atoms with E-state index in [9.17, 15) is 4.79 Å². The van der Waals surface area contributed by atoms with Crippen LogP contribution in [0.5, 0.6) is 5.88 Å². The number of piperazine rings is 1. The molecule has 0 spiro atoms. The summed E-state index contributed by atoms with van der Waals surface area (Å²) in [5.41, 5.74) is 1.68. The third kappa shape index (κ3) is 4.61. The van der Waals surface area contributed by atoms with Gasteiger partial charge in [0.25, 0.3) is 5.91 Å². The molecule has 2 aliphatic rings. The molecule has 0 saturated carbocycles. The van der Waals surface area contributed by atoms with E-state index in [1.807, 2.05) is 29.3 Å². The molecule has 2 aromatic heterocycles. The van der Waals surface area contributed by atoms with Crippen molar-refractivity contribution in [3.05, 3.63) is 54.0 Å². The summed E-state index contributed by atoms with van der Waals surface area (Å²) in [4.78, 5) is 25.7. The molecule has 1 unspecified atom stereocenters. The molecule has 4 rings (SSSR count). The fourth-order valence-corrected chi connectivity index (χ4v) is 3.40. The molecule has 142 valence electrons. The van der Waals surface area contributed by atoms with Gasteiger partial charge in [-0.05, 0) is 18.2 Å². The third-order valence-corrected chi connectivity index (χ3v) is 4.93. The number of nitrogens with zero attached hydrogens (tertiary/aromatic N) is 4. The Balaban J connectivity index is 1.32. The second-order valence-electron chi connectivity index (χ2n) is 6.88. The van der Waals surface area contributed by atoms with Gasteiger partial charge < -0.3 is 14.4 Å². The van der Waals surface area contributed by atoms with Crippen LogP contribution in [0, 0.1) is 0 Å². The lowest BCUT2D eigenvalue weighted by atomic mass is 10.2. The van der Waals surface area contributed by atoms with Gasteiger partial charge in [-0.3, -0.25) is 14.7 Å².